The Morgan fingerprint density at radius 1 is 1.19 bits per heavy atom. The van der Waals surface area contributed by atoms with E-state index in [0.29, 0.717) is 24.7 Å². The molecular weight excluding hydrogens is 292 g/mol. The van der Waals surface area contributed by atoms with E-state index in [0.717, 1.165) is 18.5 Å². The second-order valence-electron chi connectivity index (χ2n) is 5.54. The van der Waals surface area contributed by atoms with Crippen molar-refractivity contribution in [2.24, 2.45) is 0 Å². The fourth-order valence-electron chi connectivity index (χ4n) is 2.34. The number of carbonyl (C=O) groups excluding carboxylic acids is 1. The van der Waals surface area contributed by atoms with Crippen molar-refractivity contribution in [2.45, 2.75) is 25.2 Å². The highest BCUT2D eigenvalue weighted by atomic mass is 32.2. The Balaban J connectivity index is 1.60. The minimum absolute atomic E-state index is 0.0206. The van der Waals surface area contributed by atoms with Crippen molar-refractivity contribution in [2.75, 3.05) is 29.9 Å². The third kappa shape index (κ3) is 3.69. The summed E-state index contributed by atoms with van der Waals surface area (Å²) in [6.45, 7) is 0.667. The number of anilines is 1. The smallest absolute Gasteiger partial charge is 0.323 e. The molecule has 1 aromatic rings. The summed E-state index contributed by atoms with van der Waals surface area (Å²) in [5, 5.41) is 10.8. The summed E-state index contributed by atoms with van der Waals surface area (Å²) < 4.78 is 23.0. The molecule has 3 rings (SSSR count). The molecule has 1 saturated carbocycles. The summed E-state index contributed by atoms with van der Waals surface area (Å²) >= 11 is 0. The van der Waals surface area contributed by atoms with Crippen LogP contribution in [-0.4, -0.2) is 54.1 Å². The second-order valence-corrected chi connectivity index (χ2v) is 7.84. The summed E-state index contributed by atoms with van der Waals surface area (Å²) in [6, 6.07) is 3.31. The van der Waals surface area contributed by atoms with E-state index in [1.165, 1.54) is 4.90 Å². The van der Waals surface area contributed by atoms with Crippen LogP contribution in [0, 0.1) is 0 Å². The van der Waals surface area contributed by atoms with E-state index in [9.17, 15) is 13.2 Å². The summed E-state index contributed by atoms with van der Waals surface area (Å²) in [6.07, 6.45) is 2.79. The topological polar surface area (TPSA) is 92.3 Å². The average molecular weight is 310 g/mol. The number of nitrogens with one attached hydrogen (secondary N) is 1. The minimum Gasteiger partial charge on any atom is -0.323 e. The first-order valence-electron chi connectivity index (χ1n) is 7.13. The molecule has 1 N–H and O–H groups in total. The van der Waals surface area contributed by atoms with Crippen LogP contribution in [-0.2, 0) is 9.84 Å². The fourth-order valence-corrected chi connectivity index (χ4v) is 3.61. The van der Waals surface area contributed by atoms with Crippen LogP contribution in [0.4, 0.5) is 10.6 Å². The van der Waals surface area contributed by atoms with Crippen LogP contribution in [0.2, 0.25) is 0 Å². The molecule has 2 amide bonds. The molecule has 0 spiro atoms. The number of nitrogens with zero attached hydrogens (tertiary/aromatic N) is 3. The van der Waals surface area contributed by atoms with Crippen LogP contribution in [0.5, 0.6) is 0 Å². The number of hydrogen-bond acceptors (Lipinski definition) is 5. The Kier molecular flexibility index (Phi) is 3.79. The predicted molar refractivity (Wildman–Crippen MR) is 77.9 cm³/mol. The summed E-state index contributed by atoms with van der Waals surface area (Å²) in [5.74, 6) is 1.09. The number of carbonyl (C=O) groups is 1. The van der Waals surface area contributed by atoms with Gasteiger partial charge in [-0.2, -0.15) is 5.10 Å². The maximum Gasteiger partial charge on any atom is 0.323 e. The third-order valence-electron chi connectivity index (χ3n) is 3.76. The highest BCUT2D eigenvalue weighted by Crippen LogP contribution is 2.38. The first-order valence-corrected chi connectivity index (χ1v) is 8.96. The van der Waals surface area contributed by atoms with Crippen molar-refractivity contribution < 1.29 is 13.2 Å². The molecule has 1 aliphatic carbocycles. The summed E-state index contributed by atoms with van der Waals surface area (Å²) in [7, 11) is -3.02. The van der Waals surface area contributed by atoms with E-state index in [1.807, 2.05) is 6.07 Å². The normalized spacial score (nSPS) is 21.6. The largest absolute Gasteiger partial charge is 0.323 e. The first kappa shape index (κ1) is 14.2. The molecule has 21 heavy (non-hydrogen) atoms. The van der Waals surface area contributed by atoms with Crippen LogP contribution in [0.25, 0.3) is 0 Å². The Morgan fingerprint density at radius 2 is 2.00 bits per heavy atom. The molecule has 114 valence electrons. The quantitative estimate of drug-likeness (QED) is 0.880. The van der Waals surface area contributed by atoms with Gasteiger partial charge in [0.25, 0.3) is 0 Å². The van der Waals surface area contributed by atoms with E-state index in [4.69, 9.17) is 0 Å². The zero-order valence-corrected chi connectivity index (χ0v) is 12.5. The second kappa shape index (κ2) is 5.59. The van der Waals surface area contributed by atoms with Crippen molar-refractivity contribution in [3.8, 4) is 0 Å². The van der Waals surface area contributed by atoms with Gasteiger partial charge < -0.3 is 4.90 Å². The first-order chi connectivity index (χ1) is 10.0. The lowest BCUT2D eigenvalue weighted by Crippen LogP contribution is -2.37. The van der Waals surface area contributed by atoms with Crippen LogP contribution < -0.4 is 5.32 Å². The highest BCUT2D eigenvalue weighted by Gasteiger charge is 2.26. The van der Waals surface area contributed by atoms with Crippen molar-refractivity contribution in [1.29, 1.82) is 0 Å². The number of amides is 2. The van der Waals surface area contributed by atoms with Crippen LogP contribution in [0.1, 0.15) is 30.9 Å². The number of hydrogen-bond donors (Lipinski definition) is 1. The van der Waals surface area contributed by atoms with E-state index < -0.39 is 9.84 Å². The number of rotatable bonds is 2. The van der Waals surface area contributed by atoms with Gasteiger partial charge in [-0.1, -0.05) is 0 Å². The predicted octanol–water partition coefficient (Wildman–Crippen LogP) is 1.01. The molecule has 0 radical (unpaired) electrons. The van der Waals surface area contributed by atoms with Gasteiger partial charge in [0.05, 0.1) is 17.2 Å². The minimum atomic E-state index is -3.02. The molecule has 1 saturated heterocycles. The monoisotopic (exact) mass is 310 g/mol. The SMILES string of the molecule is O=C(Nc1ccc(C2CC2)nn1)N1CCCS(=O)(=O)CC1. The highest BCUT2D eigenvalue weighted by molar-refractivity contribution is 7.91. The van der Waals surface area contributed by atoms with Gasteiger partial charge in [-0.25, -0.2) is 13.2 Å². The van der Waals surface area contributed by atoms with Crippen LogP contribution >= 0.6 is 0 Å². The third-order valence-corrected chi connectivity index (χ3v) is 5.47. The van der Waals surface area contributed by atoms with E-state index in [1.54, 1.807) is 6.07 Å². The molecule has 0 aromatic carbocycles. The standard InChI is InChI=1S/C13H18N4O3S/c18-13(17-6-1-8-21(19,20)9-7-17)14-12-5-4-11(15-16-12)10-2-3-10/h4-5,10H,1-3,6-9H2,(H,14,16,18). The molecular formula is C13H18N4O3S. The Morgan fingerprint density at radius 3 is 2.67 bits per heavy atom. The van der Waals surface area contributed by atoms with Crippen molar-refractivity contribution >= 4 is 21.7 Å². The lowest BCUT2D eigenvalue weighted by atomic mass is 10.3. The van der Waals surface area contributed by atoms with E-state index in [2.05, 4.69) is 15.5 Å². The molecule has 7 nitrogen and oxygen atoms in total. The Hall–Kier alpha value is -1.70. The van der Waals surface area contributed by atoms with Crippen molar-refractivity contribution in [1.82, 2.24) is 15.1 Å². The van der Waals surface area contributed by atoms with Crippen LogP contribution in [0.15, 0.2) is 12.1 Å². The zero-order valence-electron chi connectivity index (χ0n) is 11.7. The summed E-state index contributed by atoms with van der Waals surface area (Å²) in [4.78, 5) is 13.6. The molecule has 0 bridgehead atoms. The maximum absolute atomic E-state index is 12.1. The van der Waals surface area contributed by atoms with Gasteiger partial charge >= 0.3 is 6.03 Å². The van der Waals surface area contributed by atoms with Crippen LogP contribution in [0.3, 0.4) is 0 Å². The van der Waals surface area contributed by atoms with Crippen molar-refractivity contribution in [3.63, 3.8) is 0 Å². The molecule has 2 fully saturated rings. The molecule has 0 atom stereocenters. The van der Waals surface area contributed by atoms with Gasteiger partial charge in [-0.15, -0.1) is 5.10 Å². The lowest BCUT2D eigenvalue weighted by molar-refractivity contribution is 0.215. The number of urea groups is 1. The van der Waals surface area contributed by atoms with E-state index >= 15 is 0 Å². The molecule has 1 aromatic heterocycles. The maximum atomic E-state index is 12.1. The van der Waals surface area contributed by atoms with E-state index in [-0.39, 0.29) is 24.1 Å². The fraction of sp³-hybridized carbons (Fsp3) is 0.615. The number of sulfone groups is 1. The number of aromatic nitrogens is 2. The summed E-state index contributed by atoms with van der Waals surface area (Å²) in [5.41, 5.74) is 0.967. The molecule has 2 aliphatic rings. The zero-order chi connectivity index (χ0) is 14.9. The lowest BCUT2D eigenvalue weighted by Gasteiger charge is -2.19. The van der Waals surface area contributed by atoms with Gasteiger partial charge in [-0.3, -0.25) is 5.32 Å². The Bertz CT molecular complexity index is 625. The Labute approximate surface area is 123 Å². The molecule has 8 heteroatoms. The van der Waals surface area contributed by atoms with Gasteiger partial charge in [-0.05, 0) is 31.4 Å². The average Bonchev–Trinajstić information content (AvgIpc) is 3.27. The van der Waals surface area contributed by atoms with Gasteiger partial charge in [0.15, 0.2) is 15.7 Å². The van der Waals surface area contributed by atoms with Crippen molar-refractivity contribution in [3.05, 3.63) is 17.8 Å². The molecule has 0 unspecified atom stereocenters. The van der Waals surface area contributed by atoms with Gasteiger partial charge in [0.2, 0.25) is 0 Å². The molecule has 2 heterocycles. The van der Waals surface area contributed by atoms with Gasteiger partial charge in [0.1, 0.15) is 0 Å². The van der Waals surface area contributed by atoms with Gasteiger partial charge in [0, 0.05) is 19.0 Å². The molecule has 1 aliphatic heterocycles.